The van der Waals surface area contributed by atoms with Crippen LogP contribution in [0.1, 0.15) is 41.8 Å². The molecule has 4 heterocycles. The van der Waals surface area contributed by atoms with Gasteiger partial charge in [-0.1, -0.05) is 6.92 Å². The molecular weight excluding hydrogens is 416 g/mol. The smallest absolute Gasteiger partial charge is 0.353 e. The molecule has 0 spiro atoms. The Morgan fingerprint density at radius 1 is 1.48 bits per heavy atom. The van der Waals surface area contributed by atoms with E-state index in [4.69, 9.17) is 5.73 Å². The number of nitrogens with one attached hydrogen (secondary N) is 1. The first-order valence-electron chi connectivity index (χ1n) is 9.34. The number of hydrogen-bond donors (Lipinski definition) is 4. The average molecular weight is 439 g/mol. The number of carbonyl (C=O) groups is 3. The van der Waals surface area contributed by atoms with Crippen LogP contribution < -0.4 is 11.1 Å². The summed E-state index contributed by atoms with van der Waals surface area (Å²) in [5, 5.41) is 25.5. The number of aliphatic carboxylic acids is 1. The predicted octanol–water partition coefficient (Wildman–Crippen LogP) is 0.532. The van der Waals surface area contributed by atoms with Crippen LogP contribution in [0.3, 0.4) is 0 Å². The van der Waals surface area contributed by atoms with E-state index >= 15 is 0 Å². The van der Waals surface area contributed by atoms with Crippen molar-refractivity contribution in [3.05, 3.63) is 26.7 Å². The van der Waals surface area contributed by atoms with Gasteiger partial charge in [-0.3, -0.25) is 9.59 Å². The standard InChI is InChI=1S/C18H22N4O5S2/c1-6-12-11(7(2)23)17(25)22(12)13(18(26)27)14(6)29-8-3-9(20-4-8)16-21-10(5-28-16)15(19)24/h5-9,11-12,20,23H,3-4H2,1-2H3,(H2,19,24)(H,26,27)/t6-,7-,8+,9+,11-,12-/m1/s1. The van der Waals surface area contributed by atoms with E-state index in [0.717, 1.165) is 11.4 Å². The Kier molecular flexibility index (Phi) is 5.18. The van der Waals surface area contributed by atoms with Crippen LogP contribution >= 0.6 is 23.1 Å². The highest BCUT2D eigenvalue weighted by Gasteiger charge is 2.60. The lowest BCUT2D eigenvalue weighted by atomic mass is 9.79. The van der Waals surface area contributed by atoms with Crippen LogP contribution in [-0.2, 0) is 9.59 Å². The van der Waals surface area contributed by atoms with Crippen molar-refractivity contribution in [2.45, 2.75) is 43.7 Å². The van der Waals surface area contributed by atoms with Gasteiger partial charge in [0.15, 0.2) is 0 Å². The zero-order valence-electron chi connectivity index (χ0n) is 15.9. The van der Waals surface area contributed by atoms with Gasteiger partial charge >= 0.3 is 5.97 Å². The van der Waals surface area contributed by atoms with Gasteiger partial charge in [0.25, 0.3) is 5.91 Å². The van der Waals surface area contributed by atoms with Gasteiger partial charge in [-0.05, 0) is 13.3 Å². The quantitative estimate of drug-likeness (QED) is 0.471. The number of nitrogens with two attached hydrogens (primary N) is 1. The van der Waals surface area contributed by atoms with E-state index in [0.29, 0.717) is 11.4 Å². The molecule has 2 saturated heterocycles. The Balaban J connectivity index is 1.51. The number of hydrogen-bond acceptors (Lipinski definition) is 8. The molecule has 0 bridgehead atoms. The molecular formula is C18H22N4O5S2. The van der Waals surface area contributed by atoms with Crippen molar-refractivity contribution in [3.8, 4) is 0 Å². The molecule has 1 aromatic heterocycles. The number of primary amides is 1. The van der Waals surface area contributed by atoms with Crippen LogP contribution in [0.2, 0.25) is 0 Å². The molecule has 3 aliphatic heterocycles. The number of carboxylic acids is 1. The van der Waals surface area contributed by atoms with E-state index in [-0.39, 0.29) is 40.5 Å². The maximum absolute atomic E-state index is 12.4. The molecule has 0 saturated carbocycles. The second-order valence-corrected chi connectivity index (χ2v) is 9.88. The van der Waals surface area contributed by atoms with Crippen molar-refractivity contribution in [3.63, 3.8) is 0 Å². The molecule has 5 N–H and O–H groups in total. The molecule has 0 aromatic carbocycles. The fourth-order valence-corrected chi connectivity index (χ4v) is 6.78. The summed E-state index contributed by atoms with van der Waals surface area (Å²) in [4.78, 5) is 41.9. The van der Waals surface area contributed by atoms with Crippen LogP contribution in [0.25, 0.3) is 0 Å². The minimum atomic E-state index is -1.12. The van der Waals surface area contributed by atoms with Crippen LogP contribution in [0.15, 0.2) is 16.0 Å². The van der Waals surface area contributed by atoms with Gasteiger partial charge in [0.1, 0.15) is 16.4 Å². The number of thioether (sulfide) groups is 1. The van der Waals surface area contributed by atoms with Gasteiger partial charge in [0, 0.05) is 28.0 Å². The maximum Gasteiger partial charge on any atom is 0.353 e. The normalized spacial score (nSPS) is 32.3. The molecule has 3 aliphatic rings. The van der Waals surface area contributed by atoms with Crippen LogP contribution in [0.5, 0.6) is 0 Å². The minimum absolute atomic E-state index is 0.0277. The Morgan fingerprint density at radius 2 is 2.21 bits per heavy atom. The molecule has 6 atom stereocenters. The molecule has 0 aliphatic carbocycles. The number of carboxylic acid groups (broad SMARTS) is 1. The van der Waals surface area contributed by atoms with Crippen LogP contribution in [0, 0.1) is 11.8 Å². The zero-order chi connectivity index (χ0) is 21.0. The molecule has 156 valence electrons. The van der Waals surface area contributed by atoms with E-state index in [1.54, 1.807) is 12.3 Å². The summed E-state index contributed by atoms with van der Waals surface area (Å²) in [6, 6.07) is -0.335. The lowest BCUT2D eigenvalue weighted by Crippen LogP contribution is -2.63. The van der Waals surface area contributed by atoms with E-state index < -0.39 is 23.9 Å². The van der Waals surface area contributed by atoms with Crippen molar-refractivity contribution in [2.24, 2.45) is 17.6 Å². The predicted molar refractivity (Wildman–Crippen MR) is 107 cm³/mol. The molecule has 11 heteroatoms. The van der Waals surface area contributed by atoms with Crippen molar-refractivity contribution in [2.75, 3.05) is 6.54 Å². The second kappa shape index (κ2) is 7.38. The monoisotopic (exact) mass is 438 g/mol. The number of carbonyl (C=O) groups excluding carboxylic acids is 2. The highest BCUT2D eigenvalue weighted by Crippen LogP contribution is 2.52. The van der Waals surface area contributed by atoms with Crippen molar-refractivity contribution < 1.29 is 24.6 Å². The SMILES string of the molecule is C[C@@H](O)[C@H]1C(=O)N2C(C(=O)O)=C(S[C@@H]3CN[C@H](c4nc(C(N)=O)cs4)C3)[C@H](C)[C@H]12. The Labute approximate surface area is 175 Å². The van der Waals surface area contributed by atoms with Gasteiger partial charge in [0.2, 0.25) is 5.91 Å². The molecule has 0 radical (unpaired) electrons. The molecule has 29 heavy (non-hydrogen) atoms. The summed E-state index contributed by atoms with van der Waals surface area (Å²) < 4.78 is 0. The number of nitrogens with zero attached hydrogens (tertiary/aromatic N) is 2. The largest absolute Gasteiger partial charge is 0.477 e. The second-order valence-electron chi connectivity index (χ2n) is 7.64. The van der Waals surface area contributed by atoms with Gasteiger partial charge in [-0.25, -0.2) is 9.78 Å². The number of thiazole rings is 1. The van der Waals surface area contributed by atoms with E-state index in [9.17, 15) is 24.6 Å². The highest BCUT2D eigenvalue weighted by atomic mass is 32.2. The summed E-state index contributed by atoms with van der Waals surface area (Å²) in [6.45, 7) is 4.14. The number of aliphatic hydroxyl groups is 1. The Bertz CT molecular complexity index is 914. The Hall–Kier alpha value is -1.95. The van der Waals surface area contributed by atoms with Crippen molar-refractivity contribution in [1.29, 1.82) is 0 Å². The lowest BCUT2D eigenvalue weighted by molar-refractivity contribution is -0.163. The maximum atomic E-state index is 12.4. The summed E-state index contributed by atoms with van der Waals surface area (Å²) in [5.41, 5.74) is 5.56. The number of aliphatic hydroxyl groups excluding tert-OH is 1. The number of aromatic nitrogens is 1. The first kappa shape index (κ1) is 20.3. The first-order valence-corrected chi connectivity index (χ1v) is 11.1. The van der Waals surface area contributed by atoms with E-state index in [1.165, 1.54) is 28.0 Å². The van der Waals surface area contributed by atoms with Crippen molar-refractivity contribution in [1.82, 2.24) is 15.2 Å². The lowest BCUT2D eigenvalue weighted by Gasteiger charge is -2.46. The fraction of sp³-hybridized carbons (Fsp3) is 0.556. The average Bonchev–Trinajstić information content (AvgIpc) is 3.33. The topological polar surface area (TPSA) is 146 Å². The summed E-state index contributed by atoms with van der Waals surface area (Å²) in [7, 11) is 0. The number of amides is 2. The first-order chi connectivity index (χ1) is 13.7. The third-order valence-corrected chi connectivity index (χ3v) is 8.24. The van der Waals surface area contributed by atoms with E-state index in [2.05, 4.69) is 10.3 Å². The third-order valence-electron chi connectivity index (χ3n) is 5.77. The summed E-state index contributed by atoms with van der Waals surface area (Å²) >= 11 is 2.85. The number of fused-ring (bicyclic) bond motifs is 1. The number of rotatable bonds is 6. The molecule has 2 amide bonds. The zero-order valence-corrected chi connectivity index (χ0v) is 17.5. The summed E-state index contributed by atoms with van der Waals surface area (Å²) in [6.07, 6.45) is -0.0923. The molecule has 1 aromatic rings. The summed E-state index contributed by atoms with van der Waals surface area (Å²) in [5.74, 6) is -2.71. The Morgan fingerprint density at radius 3 is 2.79 bits per heavy atom. The molecule has 2 fully saturated rings. The third kappa shape index (κ3) is 3.25. The van der Waals surface area contributed by atoms with Gasteiger partial charge < -0.3 is 26.2 Å². The van der Waals surface area contributed by atoms with Gasteiger partial charge in [-0.15, -0.1) is 23.1 Å². The van der Waals surface area contributed by atoms with Crippen molar-refractivity contribution >= 4 is 40.9 Å². The van der Waals surface area contributed by atoms with Gasteiger partial charge in [-0.2, -0.15) is 0 Å². The fourth-order valence-electron chi connectivity index (χ4n) is 4.40. The molecule has 0 unspecified atom stereocenters. The molecule has 9 nitrogen and oxygen atoms in total. The minimum Gasteiger partial charge on any atom is -0.477 e. The highest BCUT2D eigenvalue weighted by molar-refractivity contribution is 8.03. The number of β-lactam (4-membered cyclic amide) rings is 1. The molecule has 4 rings (SSSR count). The van der Waals surface area contributed by atoms with Gasteiger partial charge in [0.05, 0.1) is 24.1 Å². The van der Waals surface area contributed by atoms with Crippen LogP contribution in [-0.4, -0.2) is 61.8 Å². The van der Waals surface area contributed by atoms with Crippen LogP contribution in [0.4, 0.5) is 0 Å². The van der Waals surface area contributed by atoms with E-state index in [1.807, 2.05) is 6.92 Å².